The average molecular weight is 439 g/mol. The predicted octanol–water partition coefficient (Wildman–Crippen LogP) is 4.65. The van der Waals surface area contributed by atoms with Crippen LogP contribution in [0.15, 0.2) is 60.0 Å². The zero-order chi connectivity index (χ0) is 22.2. The molecule has 2 aromatic carbocycles. The zero-order valence-corrected chi connectivity index (χ0v) is 18.0. The minimum absolute atomic E-state index is 0.187. The van der Waals surface area contributed by atoms with Crippen LogP contribution in [-0.2, 0) is 4.79 Å². The van der Waals surface area contributed by atoms with Crippen LogP contribution in [0.25, 0.3) is 6.08 Å². The van der Waals surface area contributed by atoms with Gasteiger partial charge in [-0.05, 0) is 59.5 Å². The van der Waals surface area contributed by atoms with Crippen molar-refractivity contribution in [3.63, 3.8) is 0 Å². The molecule has 0 spiro atoms. The Bertz CT molecular complexity index is 1050. The lowest BCUT2D eigenvalue weighted by atomic mass is 10.1. The molecule has 160 valence electrons. The van der Waals surface area contributed by atoms with E-state index in [-0.39, 0.29) is 5.91 Å². The van der Waals surface area contributed by atoms with Gasteiger partial charge >= 0.3 is 5.97 Å². The van der Waals surface area contributed by atoms with Crippen LogP contribution in [0, 0.1) is 0 Å². The van der Waals surface area contributed by atoms with Crippen LogP contribution in [-0.4, -0.2) is 33.2 Å². The van der Waals surface area contributed by atoms with Gasteiger partial charge < -0.3 is 24.3 Å². The second-order valence-corrected chi connectivity index (χ2v) is 7.12. The Kier molecular flexibility index (Phi) is 7.29. The van der Waals surface area contributed by atoms with Crippen LogP contribution in [0.5, 0.6) is 23.0 Å². The number of anilines is 1. The second kappa shape index (κ2) is 10.3. The van der Waals surface area contributed by atoms with E-state index in [1.165, 1.54) is 38.7 Å². The van der Waals surface area contributed by atoms with E-state index < -0.39 is 5.97 Å². The Labute approximate surface area is 183 Å². The molecule has 1 N–H and O–H groups in total. The van der Waals surface area contributed by atoms with Gasteiger partial charge in [0.2, 0.25) is 5.75 Å². The first kappa shape index (κ1) is 21.9. The van der Waals surface area contributed by atoms with Gasteiger partial charge in [0.25, 0.3) is 5.91 Å². The molecule has 31 heavy (non-hydrogen) atoms. The highest BCUT2D eigenvalue weighted by molar-refractivity contribution is 7.12. The molecule has 1 heterocycles. The van der Waals surface area contributed by atoms with E-state index in [1.807, 2.05) is 11.4 Å². The molecule has 0 saturated heterocycles. The highest BCUT2D eigenvalue weighted by Gasteiger charge is 2.12. The van der Waals surface area contributed by atoms with Gasteiger partial charge in [-0.25, -0.2) is 4.79 Å². The fourth-order valence-electron chi connectivity index (χ4n) is 2.72. The maximum absolute atomic E-state index is 12.2. The molecule has 0 radical (unpaired) electrons. The van der Waals surface area contributed by atoms with Crippen molar-refractivity contribution in [1.82, 2.24) is 0 Å². The van der Waals surface area contributed by atoms with Crippen molar-refractivity contribution in [2.24, 2.45) is 0 Å². The fraction of sp³-hybridized carbons (Fsp3) is 0.130. The van der Waals surface area contributed by atoms with Crippen molar-refractivity contribution in [2.75, 3.05) is 26.6 Å². The summed E-state index contributed by atoms with van der Waals surface area (Å²) in [6.45, 7) is 0. The summed E-state index contributed by atoms with van der Waals surface area (Å²) in [7, 11) is 4.56. The molecule has 1 aromatic heterocycles. The lowest BCUT2D eigenvalue weighted by Gasteiger charge is -2.12. The molecule has 0 aliphatic heterocycles. The minimum atomic E-state index is -0.552. The summed E-state index contributed by atoms with van der Waals surface area (Å²) in [4.78, 5) is 24.9. The fourth-order valence-corrected chi connectivity index (χ4v) is 3.34. The molecule has 0 aliphatic rings. The summed E-state index contributed by atoms with van der Waals surface area (Å²) in [6.07, 6.45) is 2.88. The van der Waals surface area contributed by atoms with E-state index in [2.05, 4.69) is 5.32 Å². The van der Waals surface area contributed by atoms with Gasteiger partial charge in [0.15, 0.2) is 11.5 Å². The first-order valence-corrected chi connectivity index (χ1v) is 10.1. The Morgan fingerprint density at radius 3 is 2.16 bits per heavy atom. The molecule has 0 unspecified atom stereocenters. The molecule has 0 saturated carbocycles. The van der Waals surface area contributed by atoms with Crippen LogP contribution in [0.2, 0.25) is 0 Å². The summed E-state index contributed by atoms with van der Waals surface area (Å²) in [5, 5.41) is 4.62. The Morgan fingerprint density at radius 2 is 1.61 bits per heavy atom. The summed E-state index contributed by atoms with van der Waals surface area (Å²) < 4.78 is 21.2. The summed E-state index contributed by atoms with van der Waals surface area (Å²) in [5.74, 6) is 1.05. The lowest BCUT2D eigenvalue weighted by molar-refractivity contribution is -0.128. The van der Waals surface area contributed by atoms with Gasteiger partial charge in [0.05, 0.1) is 26.2 Å². The zero-order valence-electron chi connectivity index (χ0n) is 17.2. The van der Waals surface area contributed by atoms with Gasteiger partial charge in [0, 0.05) is 11.8 Å². The number of benzene rings is 2. The van der Waals surface area contributed by atoms with E-state index in [4.69, 9.17) is 18.9 Å². The monoisotopic (exact) mass is 439 g/mol. The number of thiophene rings is 1. The highest BCUT2D eigenvalue weighted by atomic mass is 32.1. The number of hydrogen-bond acceptors (Lipinski definition) is 7. The number of carbonyl (C=O) groups excluding carboxylic acids is 2. The maximum atomic E-state index is 12.2. The maximum Gasteiger partial charge on any atom is 0.336 e. The van der Waals surface area contributed by atoms with Gasteiger partial charge in [-0.2, -0.15) is 0 Å². The molecule has 0 aliphatic carbocycles. The molecular weight excluding hydrogens is 418 g/mol. The molecule has 7 nitrogen and oxygen atoms in total. The third-order valence-electron chi connectivity index (χ3n) is 4.17. The topological polar surface area (TPSA) is 83.1 Å². The smallest absolute Gasteiger partial charge is 0.336 e. The molecule has 3 rings (SSSR count). The third kappa shape index (κ3) is 5.64. The summed E-state index contributed by atoms with van der Waals surface area (Å²) >= 11 is 1.36. The molecule has 8 heteroatoms. The standard InChI is InChI=1S/C23H21NO6S/c1-27-18-13-15(14-19(28-2)22(18)29-3)6-11-21(25)30-17-9-7-16(8-10-17)24-23(26)20-5-4-12-31-20/h4-14H,1-3H3,(H,24,26)/b11-6+. The Hall–Kier alpha value is -3.78. The van der Waals surface area contributed by atoms with Crippen molar-refractivity contribution in [1.29, 1.82) is 0 Å². The van der Waals surface area contributed by atoms with E-state index >= 15 is 0 Å². The lowest BCUT2D eigenvalue weighted by Crippen LogP contribution is -2.10. The van der Waals surface area contributed by atoms with Crippen LogP contribution in [0.4, 0.5) is 5.69 Å². The molecular formula is C23H21NO6S. The van der Waals surface area contributed by atoms with Crippen molar-refractivity contribution < 1.29 is 28.5 Å². The number of rotatable bonds is 8. The number of amides is 1. The third-order valence-corrected chi connectivity index (χ3v) is 5.04. The minimum Gasteiger partial charge on any atom is -0.493 e. The first-order chi connectivity index (χ1) is 15.0. The normalized spacial score (nSPS) is 10.5. The van der Waals surface area contributed by atoms with Crippen molar-refractivity contribution in [3.8, 4) is 23.0 Å². The Morgan fingerprint density at radius 1 is 0.935 bits per heavy atom. The number of hydrogen-bond donors (Lipinski definition) is 1. The van der Waals surface area contributed by atoms with E-state index in [9.17, 15) is 9.59 Å². The number of ether oxygens (including phenoxy) is 4. The van der Waals surface area contributed by atoms with Gasteiger partial charge in [-0.1, -0.05) is 6.07 Å². The van der Waals surface area contributed by atoms with Crippen LogP contribution in [0.1, 0.15) is 15.2 Å². The average Bonchev–Trinajstić information content (AvgIpc) is 3.33. The summed E-state index contributed by atoms with van der Waals surface area (Å²) in [5.41, 5.74) is 1.28. The summed E-state index contributed by atoms with van der Waals surface area (Å²) in [6, 6.07) is 13.5. The second-order valence-electron chi connectivity index (χ2n) is 6.17. The largest absolute Gasteiger partial charge is 0.493 e. The van der Waals surface area contributed by atoms with Crippen molar-refractivity contribution in [3.05, 3.63) is 70.4 Å². The SMILES string of the molecule is COc1cc(/C=C/C(=O)Oc2ccc(NC(=O)c3cccs3)cc2)cc(OC)c1OC. The van der Waals surface area contributed by atoms with Gasteiger partial charge in [-0.15, -0.1) is 11.3 Å². The van der Waals surface area contributed by atoms with Crippen molar-refractivity contribution >= 4 is 35.0 Å². The van der Waals surface area contributed by atoms with Crippen LogP contribution in [0.3, 0.4) is 0 Å². The van der Waals surface area contributed by atoms with E-state index in [1.54, 1.807) is 48.5 Å². The molecule has 3 aromatic rings. The molecule has 1 amide bonds. The molecule has 0 bridgehead atoms. The molecule has 0 atom stereocenters. The van der Waals surface area contributed by atoms with E-state index in [0.717, 1.165) is 0 Å². The van der Waals surface area contributed by atoms with Gasteiger partial charge in [-0.3, -0.25) is 4.79 Å². The van der Waals surface area contributed by atoms with Crippen molar-refractivity contribution in [2.45, 2.75) is 0 Å². The number of methoxy groups -OCH3 is 3. The first-order valence-electron chi connectivity index (χ1n) is 9.19. The number of esters is 1. The van der Waals surface area contributed by atoms with Crippen LogP contribution < -0.4 is 24.3 Å². The highest BCUT2D eigenvalue weighted by Crippen LogP contribution is 2.38. The quantitative estimate of drug-likeness (QED) is 0.313. The Balaban J connectivity index is 1.63. The van der Waals surface area contributed by atoms with E-state index in [0.29, 0.717) is 39.1 Å². The molecule has 0 fully saturated rings. The van der Waals surface area contributed by atoms with Crippen LogP contribution >= 0.6 is 11.3 Å². The number of nitrogens with one attached hydrogen (secondary N) is 1. The van der Waals surface area contributed by atoms with Gasteiger partial charge in [0.1, 0.15) is 5.75 Å². The predicted molar refractivity (Wildman–Crippen MR) is 119 cm³/mol. The number of carbonyl (C=O) groups is 2.